The van der Waals surface area contributed by atoms with Crippen molar-refractivity contribution in [1.29, 1.82) is 0 Å². The van der Waals surface area contributed by atoms with Gasteiger partial charge in [0.15, 0.2) is 11.0 Å². The average Bonchev–Trinajstić information content (AvgIpc) is 3.25. The average molecular weight is 469 g/mol. The number of allylic oxidation sites excluding steroid dienone is 1. The maximum atomic E-state index is 12.6. The molecule has 0 unspecified atom stereocenters. The van der Waals surface area contributed by atoms with Crippen LogP contribution in [0.4, 0.5) is 0 Å². The Morgan fingerprint density at radius 3 is 2.27 bits per heavy atom. The molecule has 0 saturated carbocycles. The molecule has 9 heteroatoms. The number of rotatable bonds is 12. The third-order valence-electron chi connectivity index (χ3n) is 4.79. The van der Waals surface area contributed by atoms with Crippen molar-refractivity contribution in [3.05, 3.63) is 72.6 Å². The Labute approximate surface area is 198 Å². The lowest BCUT2D eigenvalue weighted by molar-refractivity contribution is 0.0937. The zero-order valence-corrected chi connectivity index (χ0v) is 19.8. The Hall–Kier alpha value is -3.46. The molecule has 1 amide bonds. The van der Waals surface area contributed by atoms with E-state index in [1.807, 2.05) is 35.8 Å². The Kier molecular flexibility index (Phi) is 8.77. The van der Waals surface area contributed by atoms with Crippen molar-refractivity contribution in [3.63, 3.8) is 0 Å². The van der Waals surface area contributed by atoms with Gasteiger partial charge in [-0.3, -0.25) is 4.79 Å². The first kappa shape index (κ1) is 24.2. The van der Waals surface area contributed by atoms with Crippen LogP contribution < -0.4 is 19.5 Å². The molecular formula is C24H28N4O4S. The van der Waals surface area contributed by atoms with Crippen molar-refractivity contribution in [2.75, 3.05) is 26.6 Å². The summed E-state index contributed by atoms with van der Waals surface area (Å²) in [6, 6.07) is 14.1. The number of ether oxygens (including phenoxy) is 3. The highest BCUT2D eigenvalue weighted by molar-refractivity contribution is 7.99. The number of aromatic nitrogens is 3. The number of carbonyl (C=O) groups excluding carboxylic acids is 1. The second kappa shape index (κ2) is 12.0. The molecule has 33 heavy (non-hydrogen) atoms. The number of methoxy groups -OCH3 is 2. The van der Waals surface area contributed by atoms with Gasteiger partial charge in [-0.2, -0.15) is 0 Å². The Bertz CT molecular complexity index is 1050. The van der Waals surface area contributed by atoms with Crippen molar-refractivity contribution in [1.82, 2.24) is 20.1 Å². The minimum atomic E-state index is -0.336. The molecular weight excluding hydrogens is 440 g/mol. The summed E-state index contributed by atoms with van der Waals surface area (Å²) in [4.78, 5) is 12.6. The van der Waals surface area contributed by atoms with Crippen LogP contribution in [0.15, 0.2) is 66.3 Å². The number of nitrogens with one attached hydrogen (secondary N) is 1. The van der Waals surface area contributed by atoms with E-state index in [9.17, 15) is 4.79 Å². The van der Waals surface area contributed by atoms with Gasteiger partial charge in [0.2, 0.25) is 0 Å². The highest BCUT2D eigenvalue weighted by atomic mass is 32.2. The summed E-state index contributed by atoms with van der Waals surface area (Å²) in [5.41, 5.74) is 0.544. The van der Waals surface area contributed by atoms with Gasteiger partial charge in [0.1, 0.15) is 17.2 Å². The number of nitrogens with zero attached hydrogens (tertiary/aromatic N) is 3. The molecule has 0 aliphatic heterocycles. The normalized spacial score (nSPS) is 11.5. The van der Waals surface area contributed by atoms with E-state index in [4.69, 9.17) is 14.2 Å². The second-order valence-corrected chi connectivity index (χ2v) is 8.10. The fourth-order valence-electron chi connectivity index (χ4n) is 3.08. The Balaban J connectivity index is 1.58. The second-order valence-electron chi connectivity index (χ2n) is 7.04. The molecule has 3 rings (SSSR count). The number of thioether (sulfide) groups is 1. The van der Waals surface area contributed by atoms with Crippen LogP contribution in [0.25, 0.3) is 0 Å². The van der Waals surface area contributed by atoms with Crippen LogP contribution in [-0.2, 0) is 6.54 Å². The van der Waals surface area contributed by atoms with E-state index < -0.39 is 0 Å². The van der Waals surface area contributed by atoms with Crippen molar-refractivity contribution in [2.24, 2.45) is 0 Å². The van der Waals surface area contributed by atoms with Crippen molar-refractivity contribution < 1.29 is 19.0 Å². The Morgan fingerprint density at radius 1 is 1.06 bits per heavy atom. The lowest BCUT2D eigenvalue weighted by atomic mass is 10.2. The molecule has 0 saturated heterocycles. The number of carbonyl (C=O) groups is 1. The largest absolute Gasteiger partial charge is 0.497 e. The molecule has 1 aromatic heterocycles. The predicted octanol–water partition coefficient (Wildman–Crippen LogP) is 4.14. The predicted molar refractivity (Wildman–Crippen MR) is 128 cm³/mol. The molecule has 0 spiro atoms. The van der Waals surface area contributed by atoms with E-state index in [0.29, 0.717) is 36.0 Å². The van der Waals surface area contributed by atoms with Gasteiger partial charge in [-0.1, -0.05) is 17.8 Å². The first-order valence-corrected chi connectivity index (χ1v) is 11.4. The summed E-state index contributed by atoms with van der Waals surface area (Å²) in [5, 5.41) is 12.4. The molecule has 3 aromatic rings. The third-order valence-corrected chi connectivity index (χ3v) is 5.72. The fourth-order valence-corrected chi connectivity index (χ4v) is 3.85. The van der Waals surface area contributed by atoms with Crippen molar-refractivity contribution in [2.45, 2.75) is 24.7 Å². The summed E-state index contributed by atoms with van der Waals surface area (Å²) in [5.74, 6) is 3.42. The smallest absolute Gasteiger partial charge is 0.251 e. The Morgan fingerprint density at radius 2 is 1.67 bits per heavy atom. The van der Waals surface area contributed by atoms with E-state index in [0.717, 1.165) is 16.7 Å². The number of hydrogen-bond donors (Lipinski definition) is 1. The van der Waals surface area contributed by atoms with E-state index in [2.05, 4.69) is 22.1 Å². The van der Waals surface area contributed by atoms with E-state index in [1.165, 1.54) is 11.8 Å². The van der Waals surface area contributed by atoms with E-state index in [1.54, 1.807) is 44.6 Å². The number of benzene rings is 2. The lowest BCUT2D eigenvalue weighted by Crippen LogP contribution is -2.28. The molecule has 2 aromatic carbocycles. The van der Waals surface area contributed by atoms with Crippen LogP contribution >= 0.6 is 11.8 Å². The van der Waals surface area contributed by atoms with Gasteiger partial charge in [-0.25, -0.2) is 0 Å². The molecule has 1 heterocycles. The van der Waals surface area contributed by atoms with Crippen LogP contribution in [0.2, 0.25) is 0 Å². The number of hydrogen-bond acceptors (Lipinski definition) is 7. The summed E-state index contributed by atoms with van der Waals surface area (Å²) in [7, 11) is 3.22. The monoisotopic (exact) mass is 468 g/mol. The summed E-state index contributed by atoms with van der Waals surface area (Å²) >= 11 is 1.54. The zero-order chi connectivity index (χ0) is 23.6. The summed E-state index contributed by atoms with van der Waals surface area (Å²) < 4.78 is 18.0. The van der Waals surface area contributed by atoms with Gasteiger partial charge < -0.3 is 24.1 Å². The van der Waals surface area contributed by atoms with Gasteiger partial charge in [-0.15, -0.1) is 16.8 Å². The lowest BCUT2D eigenvalue weighted by Gasteiger charge is -2.15. The minimum Gasteiger partial charge on any atom is -0.497 e. The SMILES string of the molecule is C=CCn1c(SCCOc2ccc(OC)cc2)nnc1[C@H](C)NC(=O)c1ccc(OC)cc1. The highest BCUT2D eigenvalue weighted by Crippen LogP contribution is 2.22. The van der Waals surface area contributed by atoms with Gasteiger partial charge in [-0.05, 0) is 55.5 Å². The fraction of sp³-hybridized carbons (Fsp3) is 0.292. The standard InChI is InChI=1S/C24H28N4O4S/c1-5-14-28-22(17(2)25-23(29)18-6-8-19(30-3)9-7-18)26-27-24(28)33-16-15-32-21-12-10-20(31-4)11-13-21/h5-13,17H,1,14-16H2,2-4H3,(H,25,29)/t17-/m0/s1. The van der Waals surface area contributed by atoms with E-state index in [-0.39, 0.29) is 11.9 Å². The molecule has 174 valence electrons. The maximum Gasteiger partial charge on any atom is 0.251 e. The first-order valence-electron chi connectivity index (χ1n) is 10.4. The van der Waals surface area contributed by atoms with Crippen molar-refractivity contribution >= 4 is 17.7 Å². The molecule has 8 nitrogen and oxygen atoms in total. The summed E-state index contributed by atoms with van der Waals surface area (Å²) in [6.07, 6.45) is 1.78. The molecule has 0 fully saturated rings. The topological polar surface area (TPSA) is 87.5 Å². The third kappa shape index (κ3) is 6.52. The quantitative estimate of drug-likeness (QED) is 0.243. The first-order chi connectivity index (χ1) is 16.0. The van der Waals surface area contributed by atoms with Crippen LogP contribution in [0.3, 0.4) is 0 Å². The highest BCUT2D eigenvalue weighted by Gasteiger charge is 2.20. The van der Waals surface area contributed by atoms with Gasteiger partial charge in [0.25, 0.3) is 5.91 Å². The van der Waals surface area contributed by atoms with Gasteiger partial charge in [0.05, 0.1) is 26.9 Å². The minimum absolute atomic E-state index is 0.194. The van der Waals surface area contributed by atoms with Gasteiger partial charge >= 0.3 is 0 Å². The van der Waals surface area contributed by atoms with Crippen LogP contribution in [-0.4, -0.2) is 47.3 Å². The molecule has 0 aliphatic carbocycles. The van der Waals surface area contributed by atoms with E-state index >= 15 is 0 Å². The van der Waals surface area contributed by atoms with Crippen molar-refractivity contribution in [3.8, 4) is 17.2 Å². The number of amides is 1. The molecule has 1 atom stereocenters. The van der Waals surface area contributed by atoms with Gasteiger partial charge in [0, 0.05) is 17.9 Å². The van der Waals surface area contributed by atoms with Crippen LogP contribution in [0, 0.1) is 0 Å². The van der Waals surface area contributed by atoms with Crippen LogP contribution in [0.1, 0.15) is 29.1 Å². The summed E-state index contributed by atoms with van der Waals surface area (Å²) in [6.45, 7) is 6.76. The molecule has 0 aliphatic rings. The molecule has 0 radical (unpaired) electrons. The van der Waals surface area contributed by atoms with Crippen LogP contribution in [0.5, 0.6) is 17.2 Å². The molecule has 1 N–H and O–H groups in total. The molecule has 0 bridgehead atoms. The maximum absolute atomic E-state index is 12.6. The zero-order valence-electron chi connectivity index (χ0n) is 19.0.